The maximum absolute atomic E-state index is 11.9. The topological polar surface area (TPSA) is 83.5 Å². The first-order chi connectivity index (χ1) is 8.74. The zero-order valence-electron chi connectivity index (χ0n) is 10.1. The smallest absolute Gasteiger partial charge is 0.306 e. The van der Waals surface area contributed by atoms with Crippen molar-refractivity contribution in [2.45, 2.75) is 18.2 Å². The molecule has 0 spiro atoms. The Hall–Kier alpha value is -0.630. The number of carboxylic acid groups (broad SMARTS) is 1. The summed E-state index contributed by atoms with van der Waals surface area (Å²) in [6.45, 7) is 1.59. The summed E-state index contributed by atoms with van der Waals surface area (Å²) < 4.78 is 26.7. The third-order valence-electron chi connectivity index (χ3n) is 2.49. The first-order valence-electron chi connectivity index (χ1n) is 5.41. The number of rotatable bonds is 6. The van der Waals surface area contributed by atoms with E-state index in [9.17, 15) is 13.2 Å². The molecule has 0 amide bonds. The Bertz CT molecular complexity index is 576. The Morgan fingerprint density at radius 1 is 1.53 bits per heavy atom. The van der Waals surface area contributed by atoms with Crippen molar-refractivity contribution in [1.82, 2.24) is 4.72 Å². The van der Waals surface area contributed by atoms with Gasteiger partial charge in [-0.1, -0.05) is 18.5 Å². The van der Waals surface area contributed by atoms with Gasteiger partial charge in [-0.3, -0.25) is 4.79 Å². The van der Waals surface area contributed by atoms with Crippen LogP contribution in [0.3, 0.4) is 0 Å². The van der Waals surface area contributed by atoms with Gasteiger partial charge in [0.05, 0.1) is 15.8 Å². The number of hydrogen-bond donors (Lipinski definition) is 2. The summed E-state index contributed by atoms with van der Waals surface area (Å²) in [4.78, 5) is 10.7. The Kier molecular flexibility index (Phi) is 5.79. The second kappa shape index (κ2) is 6.69. The van der Waals surface area contributed by atoms with E-state index in [4.69, 9.17) is 16.7 Å². The van der Waals surface area contributed by atoms with Crippen LogP contribution in [0, 0.1) is 5.92 Å². The molecular weight excluding hydrogens is 358 g/mol. The standard InChI is InChI=1S/C11H13BrClNO4S/c1-7(11(15)16)4-5-14-19(17,18)8-2-3-10(13)9(12)6-8/h2-3,6-7,14H,4-5H2,1H3,(H,15,16). The molecular formula is C11H13BrClNO4S. The summed E-state index contributed by atoms with van der Waals surface area (Å²) in [6.07, 6.45) is 0.226. The molecule has 0 aliphatic carbocycles. The highest BCUT2D eigenvalue weighted by atomic mass is 79.9. The summed E-state index contributed by atoms with van der Waals surface area (Å²) in [5.74, 6) is -1.55. The van der Waals surface area contributed by atoms with Crippen LogP contribution >= 0.6 is 27.5 Å². The highest BCUT2D eigenvalue weighted by Gasteiger charge is 2.17. The van der Waals surface area contributed by atoms with Crippen molar-refractivity contribution in [2.75, 3.05) is 6.54 Å². The number of nitrogens with one attached hydrogen (secondary N) is 1. The number of carbonyl (C=O) groups is 1. The van der Waals surface area contributed by atoms with Crippen LogP contribution in [0.15, 0.2) is 27.6 Å². The Labute approximate surface area is 125 Å². The van der Waals surface area contributed by atoms with Gasteiger partial charge in [0.2, 0.25) is 10.0 Å². The molecule has 0 aromatic heterocycles. The van der Waals surface area contributed by atoms with Crippen molar-refractivity contribution < 1.29 is 18.3 Å². The van der Waals surface area contributed by atoms with E-state index in [2.05, 4.69) is 20.7 Å². The lowest BCUT2D eigenvalue weighted by Gasteiger charge is -2.09. The number of carboxylic acids is 1. The van der Waals surface area contributed by atoms with Crippen LogP contribution in [0.4, 0.5) is 0 Å². The van der Waals surface area contributed by atoms with Crippen LogP contribution in [0.1, 0.15) is 13.3 Å². The summed E-state index contributed by atoms with van der Waals surface area (Å²) in [7, 11) is -3.65. The lowest BCUT2D eigenvalue weighted by Crippen LogP contribution is -2.27. The number of aliphatic carboxylic acids is 1. The highest BCUT2D eigenvalue weighted by Crippen LogP contribution is 2.25. The largest absolute Gasteiger partial charge is 0.481 e. The number of benzene rings is 1. The summed E-state index contributed by atoms with van der Waals surface area (Å²) >= 11 is 8.93. The lowest BCUT2D eigenvalue weighted by atomic mass is 10.1. The molecule has 5 nitrogen and oxygen atoms in total. The maximum Gasteiger partial charge on any atom is 0.306 e. The molecule has 0 aliphatic rings. The summed E-state index contributed by atoms with van der Waals surface area (Å²) in [5.41, 5.74) is 0. The second-order valence-corrected chi connectivity index (χ2v) is 7.03. The lowest BCUT2D eigenvalue weighted by molar-refractivity contribution is -0.141. The van der Waals surface area contributed by atoms with Gasteiger partial charge in [-0.15, -0.1) is 0 Å². The van der Waals surface area contributed by atoms with E-state index >= 15 is 0 Å². The minimum Gasteiger partial charge on any atom is -0.481 e. The molecule has 1 aromatic rings. The van der Waals surface area contributed by atoms with Crippen molar-refractivity contribution in [3.63, 3.8) is 0 Å². The Morgan fingerprint density at radius 2 is 2.16 bits per heavy atom. The molecule has 19 heavy (non-hydrogen) atoms. The van der Waals surface area contributed by atoms with E-state index in [0.29, 0.717) is 9.50 Å². The van der Waals surface area contributed by atoms with Gasteiger partial charge in [0.1, 0.15) is 0 Å². The van der Waals surface area contributed by atoms with Gasteiger partial charge in [0.15, 0.2) is 0 Å². The van der Waals surface area contributed by atoms with Gasteiger partial charge < -0.3 is 5.11 Å². The van der Waals surface area contributed by atoms with Crippen molar-refractivity contribution in [1.29, 1.82) is 0 Å². The van der Waals surface area contributed by atoms with E-state index in [1.54, 1.807) is 0 Å². The SMILES string of the molecule is CC(CCNS(=O)(=O)c1ccc(Cl)c(Br)c1)C(=O)O. The van der Waals surface area contributed by atoms with Crippen molar-refractivity contribution in [2.24, 2.45) is 5.92 Å². The fourth-order valence-electron chi connectivity index (χ4n) is 1.26. The Morgan fingerprint density at radius 3 is 2.68 bits per heavy atom. The zero-order valence-corrected chi connectivity index (χ0v) is 13.2. The van der Waals surface area contributed by atoms with Crippen LogP contribution in [-0.2, 0) is 14.8 Å². The van der Waals surface area contributed by atoms with Crippen LogP contribution in [0.2, 0.25) is 5.02 Å². The first-order valence-corrected chi connectivity index (χ1v) is 8.07. The predicted molar refractivity (Wildman–Crippen MR) is 75.8 cm³/mol. The highest BCUT2D eigenvalue weighted by molar-refractivity contribution is 9.10. The van der Waals surface area contributed by atoms with Crippen molar-refractivity contribution in [3.05, 3.63) is 27.7 Å². The molecule has 106 valence electrons. The molecule has 0 saturated heterocycles. The molecule has 0 fully saturated rings. The van der Waals surface area contributed by atoms with E-state index in [1.807, 2.05) is 0 Å². The van der Waals surface area contributed by atoms with Crippen molar-refractivity contribution >= 4 is 43.5 Å². The fourth-order valence-corrected chi connectivity index (χ4v) is 2.98. The van der Waals surface area contributed by atoms with Crippen LogP contribution in [-0.4, -0.2) is 26.0 Å². The molecule has 1 rings (SSSR count). The quantitative estimate of drug-likeness (QED) is 0.806. The van der Waals surface area contributed by atoms with E-state index < -0.39 is 21.9 Å². The van der Waals surface area contributed by atoms with E-state index in [0.717, 1.165) is 0 Å². The summed E-state index contributed by atoms with van der Waals surface area (Å²) in [6, 6.07) is 4.25. The minimum absolute atomic E-state index is 0.0655. The monoisotopic (exact) mass is 369 g/mol. The van der Waals surface area contributed by atoms with E-state index in [-0.39, 0.29) is 17.9 Å². The number of halogens is 2. The second-order valence-electron chi connectivity index (χ2n) is 4.00. The van der Waals surface area contributed by atoms with Gasteiger partial charge in [0, 0.05) is 11.0 Å². The van der Waals surface area contributed by atoms with Gasteiger partial charge in [-0.05, 0) is 40.5 Å². The van der Waals surface area contributed by atoms with Crippen LogP contribution in [0.25, 0.3) is 0 Å². The van der Waals surface area contributed by atoms with Gasteiger partial charge in [-0.25, -0.2) is 13.1 Å². The molecule has 8 heteroatoms. The average molecular weight is 371 g/mol. The maximum atomic E-state index is 11.9. The normalized spacial score (nSPS) is 13.2. The fraction of sp³-hybridized carbons (Fsp3) is 0.364. The number of sulfonamides is 1. The summed E-state index contributed by atoms with van der Waals surface area (Å²) in [5, 5.41) is 9.11. The molecule has 0 aliphatic heterocycles. The molecule has 0 saturated carbocycles. The molecule has 2 N–H and O–H groups in total. The van der Waals surface area contributed by atoms with Gasteiger partial charge >= 0.3 is 5.97 Å². The number of hydrogen-bond acceptors (Lipinski definition) is 3. The minimum atomic E-state index is -3.65. The Balaban J connectivity index is 2.71. The molecule has 0 bridgehead atoms. The molecule has 0 heterocycles. The van der Waals surface area contributed by atoms with Gasteiger partial charge in [0.25, 0.3) is 0 Å². The van der Waals surface area contributed by atoms with Gasteiger partial charge in [-0.2, -0.15) is 0 Å². The van der Waals surface area contributed by atoms with Crippen LogP contribution in [0.5, 0.6) is 0 Å². The molecule has 1 atom stereocenters. The molecule has 1 unspecified atom stereocenters. The third-order valence-corrected chi connectivity index (χ3v) is 5.17. The molecule has 1 aromatic carbocycles. The molecule has 0 radical (unpaired) electrons. The predicted octanol–water partition coefficient (Wildman–Crippen LogP) is 2.49. The third kappa shape index (κ3) is 4.76. The average Bonchev–Trinajstić information content (AvgIpc) is 2.32. The van der Waals surface area contributed by atoms with Crippen LogP contribution < -0.4 is 4.72 Å². The van der Waals surface area contributed by atoms with Crippen molar-refractivity contribution in [3.8, 4) is 0 Å². The van der Waals surface area contributed by atoms with E-state index in [1.165, 1.54) is 25.1 Å². The first kappa shape index (κ1) is 16.4. The zero-order chi connectivity index (χ0) is 14.6.